The molecule has 2 amide bonds. The van der Waals surface area contributed by atoms with Gasteiger partial charge in [0.2, 0.25) is 0 Å². The molecular weight excluding hydrogens is 328 g/mol. The Balaban J connectivity index is 1.71. The van der Waals surface area contributed by atoms with Gasteiger partial charge in [-0.05, 0) is 51.8 Å². The van der Waals surface area contributed by atoms with E-state index in [1.807, 2.05) is 19.9 Å². The number of hydrogen-bond donors (Lipinski definition) is 1. The normalized spacial score (nSPS) is 14.2. The van der Waals surface area contributed by atoms with E-state index in [1.165, 1.54) is 5.56 Å². The fraction of sp³-hybridized carbons (Fsp3) is 0.350. The molecule has 1 aromatic heterocycles. The second-order valence-electron chi connectivity index (χ2n) is 6.70. The largest absolute Gasteiger partial charge is 0.334 e. The maximum Gasteiger partial charge on any atom is 0.329 e. The van der Waals surface area contributed by atoms with Crippen LogP contribution in [0.25, 0.3) is 5.69 Å². The van der Waals surface area contributed by atoms with Crippen molar-refractivity contribution in [3.8, 4) is 5.69 Å². The van der Waals surface area contributed by atoms with Gasteiger partial charge in [-0.2, -0.15) is 5.10 Å². The minimum atomic E-state index is -0.685. The number of hydrogen-bond acceptors (Lipinski definition) is 3. The van der Waals surface area contributed by atoms with Crippen LogP contribution in [-0.4, -0.2) is 40.6 Å². The molecule has 0 unspecified atom stereocenters. The van der Waals surface area contributed by atoms with Crippen molar-refractivity contribution in [1.29, 1.82) is 0 Å². The third-order valence-corrected chi connectivity index (χ3v) is 4.72. The Hall–Kier alpha value is -2.89. The van der Waals surface area contributed by atoms with Gasteiger partial charge in [-0.3, -0.25) is 9.59 Å². The number of nitrogens with one attached hydrogen (secondary N) is 1. The molecule has 0 spiro atoms. The summed E-state index contributed by atoms with van der Waals surface area (Å²) in [6.07, 6.45) is 3.49. The first-order valence-electron chi connectivity index (χ1n) is 8.85. The minimum Gasteiger partial charge on any atom is -0.334 e. The smallest absolute Gasteiger partial charge is 0.329 e. The summed E-state index contributed by atoms with van der Waals surface area (Å²) in [5.41, 5.74) is 7.63. The third-order valence-electron chi connectivity index (χ3n) is 4.72. The van der Waals surface area contributed by atoms with Crippen molar-refractivity contribution in [3.05, 3.63) is 52.8 Å². The van der Waals surface area contributed by atoms with Gasteiger partial charge < -0.3 is 9.47 Å². The standard InChI is InChI=1S/C20H24N4O2/c1-14-6-8-18(9-7-14)24-15(2)12-17(16(24)3)13-21-22-19(25)20(26)23-10-4-5-11-23/h6-9,12-13H,4-5,10-11H2,1-3H3,(H,22,25)/b21-13-. The van der Waals surface area contributed by atoms with Crippen molar-refractivity contribution < 1.29 is 9.59 Å². The fourth-order valence-corrected chi connectivity index (χ4v) is 3.28. The molecule has 2 aromatic rings. The van der Waals surface area contributed by atoms with Gasteiger partial charge in [0.05, 0.1) is 6.21 Å². The second kappa shape index (κ2) is 7.56. The number of likely N-dealkylation sites (tertiary alicyclic amines) is 1. The van der Waals surface area contributed by atoms with Crippen molar-refractivity contribution in [2.45, 2.75) is 33.6 Å². The van der Waals surface area contributed by atoms with Crippen molar-refractivity contribution in [1.82, 2.24) is 14.9 Å². The number of aryl methyl sites for hydroxylation is 2. The van der Waals surface area contributed by atoms with E-state index in [0.717, 1.165) is 35.5 Å². The lowest BCUT2D eigenvalue weighted by Gasteiger charge is -2.12. The average Bonchev–Trinajstić information content (AvgIpc) is 3.24. The van der Waals surface area contributed by atoms with Crippen LogP contribution in [0.15, 0.2) is 35.4 Å². The maximum atomic E-state index is 12.0. The van der Waals surface area contributed by atoms with E-state index in [2.05, 4.69) is 46.3 Å². The van der Waals surface area contributed by atoms with Crippen molar-refractivity contribution >= 4 is 18.0 Å². The summed E-state index contributed by atoms with van der Waals surface area (Å²) in [6.45, 7) is 7.38. The molecule has 1 aromatic carbocycles. The summed E-state index contributed by atoms with van der Waals surface area (Å²) >= 11 is 0. The molecule has 2 heterocycles. The zero-order valence-electron chi connectivity index (χ0n) is 15.5. The summed E-state index contributed by atoms with van der Waals surface area (Å²) < 4.78 is 2.14. The molecule has 0 saturated carbocycles. The van der Waals surface area contributed by atoms with Gasteiger partial charge in [0, 0.05) is 35.7 Å². The highest BCUT2D eigenvalue weighted by atomic mass is 16.2. The average molecular weight is 352 g/mol. The van der Waals surface area contributed by atoms with Gasteiger partial charge in [-0.25, -0.2) is 5.43 Å². The minimum absolute atomic E-state index is 0.509. The van der Waals surface area contributed by atoms with E-state index in [9.17, 15) is 9.59 Å². The predicted octanol–water partition coefficient (Wildman–Crippen LogP) is 2.48. The number of aromatic nitrogens is 1. The summed E-state index contributed by atoms with van der Waals surface area (Å²) in [7, 11) is 0. The molecule has 136 valence electrons. The SMILES string of the molecule is Cc1ccc(-n2c(C)cc(/C=N\NC(=O)C(=O)N3CCCC3)c2C)cc1. The van der Waals surface area contributed by atoms with Crippen LogP contribution >= 0.6 is 0 Å². The molecular formula is C20H24N4O2. The molecule has 1 saturated heterocycles. The number of rotatable bonds is 3. The summed E-state index contributed by atoms with van der Waals surface area (Å²) in [4.78, 5) is 25.4. The number of nitrogens with zero attached hydrogens (tertiary/aromatic N) is 3. The highest BCUT2D eigenvalue weighted by molar-refractivity contribution is 6.35. The number of carbonyl (C=O) groups excluding carboxylic acids is 2. The quantitative estimate of drug-likeness (QED) is 0.524. The van der Waals surface area contributed by atoms with Crippen molar-refractivity contribution in [2.24, 2.45) is 5.10 Å². The lowest BCUT2D eigenvalue weighted by Crippen LogP contribution is -2.39. The van der Waals surface area contributed by atoms with Crippen LogP contribution in [-0.2, 0) is 9.59 Å². The topological polar surface area (TPSA) is 66.7 Å². The Kier molecular flexibility index (Phi) is 5.21. The first-order valence-corrected chi connectivity index (χ1v) is 8.85. The summed E-state index contributed by atoms with van der Waals surface area (Å²) in [5, 5.41) is 3.97. The van der Waals surface area contributed by atoms with Crippen molar-refractivity contribution in [2.75, 3.05) is 13.1 Å². The first-order chi connectivity index (χ1) is 12.5. The van der Waals surface area contributed by atoms with E-state index in [-0.39, 0.29) is 0 Å². The van der Waals surface area contributed by atoms with E-state index in [0.29, 0.717) is 13.1 Å². The highest BCUT2D eigenvalue weighted by Crippen LogP contribution is 2.20. The van der Waals surface area contributed by atoms with E-state index >= 15 is 0 Å². The van der Waals surface area contributed by atoms with Crippen LogP contribution in [0.5, 0.6) is 0 Å². The Bertz CT molecular complexity index is 843. The predicted molar refractivity (Wildman–Crippen MR) is 102 cm³/mol. The van der Waals surface area contributed by atoms with E-state index in [1.54, 1.807) is 11.1 Å². The van der Waals surface area contributed by atoms with Gasteiger partial charge in [0.1, 0.15) is 0 Å². The van der Waals surface area contributed by atoms with Gasteiger partial charge in [-0.15, -0.1) is 0 Å². The molecule has 1 fully saturated rings. The van der Waals surface area contributed by atoms with Gasteiger partial charge in [0.25, 0.3) is 0 Å². The molecule has 0 radical (unpaired) electrons. The molecule has 0 aliphatic carbocycles. The second-order valence-corrected chi connectivity index (χ2v) is 6.70. The zero-order valence-corrected chi connectivity index (χ0v) is 15.5. The summed E-state index contributed by atoms with van der Waals surface area (Å²) in [5.74, 6) is -1.19. The van der Waals surface area contributed by atoms with Crippen LogP contribution < -0.4 is 5.43 Å². The molecule has 1 aliphatic rings. The number of benzene rings is 1. The van der Waals surface area contributed by atoms with Crippen LogP contribution in [0.1, 0.15) is 35.4 Å². The number of carbonyl (C=O) groups is 2. The fourth-order valence-electron chi connectivity index (χ4n) is 3.28. The molecule has 1 aliphatic heterocycles. The monoisotopic (exact) mass is 352 g/mol. The van der Waals surface area contributed by atoms with Crippen LogP contribution in [0.2, 0.25) is 0 Å². The molecule has 6 nitrogen and oxygen atoms in total. The van der Waals surface area contributed by atoms with Crippen LogP contribution in [0, 0.1) is 20.8 Å². The van der Waals surface area contributed by atoms with Gasteiger partial charge in [0.15, 0.2) is 0 Å². The van der Waals surface area contributed by atoms with Crippen LogP contribution in [0.4, 0.5) is 0 Å². The molecule has 3 rings (SSSR count). The Labute approximate surface area is 153 Å². The first kappa shape index (κ1) is 17.9. The lowest BCUT2D eigenvalue weighted by molar-refractivity contribution is -0.145. The Morgan fingerprint density at radius 3 is 2.38 bits per heavy atom. The lowest BCUT2D eigenvalue weighted by atomic mass is 10.2. The Morgan fingerprint density at radius 1 is 1.08 bits per heavy atom. The van der Waals surface area contributed by atoms with Crippen molar-refractivity contribution in [3.63, 3.8) is 0 Å². The summed E-state index contributed by atoms with van der Waals surface area (Å²) in [6, 6.07) is 10.3. The van der Waals surface area contributed by atoms with E-state index < -0.39 is 11.8 Å². The molecule has 0 atom stereocenters. The molecule has 6 heteroatoms. The number of amides is 2. The third kappa shape index (κ3) is 3.69. The van der Waals surface area contributed by atoms with Gasteiger partial charge >= 0.3 is 11.8 Å². The molecule has 26 heavy (non-hydrogen) atoms. The number of hydrazone groups is 1. The van der Waals surface area contributed by atoms with Crippen LogP contribution in [0.3, 0.4) is 0 Å². The van der Waals surface area contributed by atoms with E-state index in [4.69, 9.17) is 0 Å². The zero-order chi connectivity index (χ0) is 18.7. The molecule has 1 N–H and O–H groups in total. The molecule has 0 bridgehead atoms. The Morgan fingerprint density at radius 2 is 1.73 bits per heavy atom. The maximum absolute atomic E-state index is 12.0. The highest BCUT2D eigenvalue weighted by Gasteiger charge is 2.24. The van der Waals surface area contributed by atoms with Gasteiger partial charge in [-0.1, -0.05) is 17.7 Å².